The van der Waals surface area contributed by atoms with Gasteiger partial charge in [-0.1, -0.05) is 60.4 Å². The Hall–Kier alpha value is -2.33. The molecule has 0 atom stereocenters. The summed E-state index contributed by atoms with van der Waals surface area (Å²) >= 11 is 0. The van der Waals surface area contributed by atoms with Crippen LogP contribution in [0.3, 0.4) is 0 Å². The third-order valence-corrected chi connectivity index (χ3v) is 2.39. The zero-order chi connectivity index (χ0) is 12.6. The summed E-state index contributed by atoms with van der Waals surface area (Å²) in [6.45, 7) is 0. The first-order valence-corrected chi connectivity index (χ1v) is 5.80. The summed E-state index contributed by atoms with van der Waals surface area (Å²) < 4.78 is 12.9. The predicted octanol–water partition coefficient (Wildman–Crippen LogP) is 4.28. The molecule has 0 aliphatic heterocycles. The van der Waals surface area contributed by atoms with Gasteiger partial charge in [-0.3, -0.25) is 0 Å². The van der Waals surface area contributed by atoms with Crippen molar-refractivity contribution in [3.8, 4) is 11.8 Å². The highest BCUT2D eigenvalue weighted by atomic mass is 19.1. The molecular weight excluding hydrogens is 223 g/mol. The third-order valence-electron chi connectivity index (χ3n) is 2.39. The Labute approximate surface area is 107 Å². The fourth-order valence-corrected chi connectivity index (χ4v) is 1.54. The number of halogens is 1. The predicted molar refractivity (Wildman–Crippen MR) is 73.4 cm³/mol. The summed E-state index contributed by atoms with van der Waals surface area (Å²) in [7, 11) is 0. The van der Waals surface area contributed by atoms with Crippen molar-refractivity contribution in [1.82, 2.24) is 0 Å². The lowest BCUT2D eigenvalue weighted by Gasteiger charge is -1.90. The summed E-state index contributed by atoms with van der Waals surface area (Å²) in [6.07, 6.45) is 4.69. The quantitative estimate of drug-likeness (QED) is 0.683. The van der Waals surface area contributed by atoms with E-state index < -0.39 is 0 Å². The Morgan fingerprint density at radius 3 is 2.61 bits per heavy atom. The molecule has 2 aromatic rings. The van der Waals surface area contributed by atoms with E-state index in [1.54, 1.807) is 12.1 Å². The van der Waals surface area contributed by atoms with Crippen LogP contribution in [0.1, 0.15) is 17.5 Å². The molecule has 0 aliphatic rings. The van der Waals surface area contributed by atoms with E-state index in [0.717, 1.165) is 5.56 Å². The van der Waals surface area contributed by atoms with Gasteiger partial charge in [-0.25, -0.2) is 4.39 Å². The van der Waals surface area contributed by atoms with Gasteiger partial charge in [0, 0.05) is 12.0 Å². The van der Waals surface area contributed by atoms with E-state index in [2.05, 4.69) is 11.8 Å². The van der Waals surface area contributed by atoms with E-state index in [1.807, 2.05) is 42.5 Å². The molecule has 1 heteroatoms. The molecule has 0 radical (unpaired) electrons. The van der Waals surface area contributed by atoms with Crippen LogP contribution in [0, 0.1) is 17.7 Å². The molecule has 0 spiro atoms. The van der Waals surface area contributed by atoms with Crippen LogP contribution in [0.5, 0.6) is 0 Å². The summed E-state index contributed by atoms with van der Waals surface area (Å²) in [5, 5.41) is 0. The first-order chi connectivity index (χ1) is 8.84. The van der Waals surface area contributed by atoms with Crippen molar-refractivity contribution in [2.45, 2.75) is 6.42 Å². The van der Waals surface area contributed by atoms with Crippen LogP contribution < -0.4 is 0 Å². The first-order valence-electron chi connectivity index (χ1n) is 5.80. The lowest BCUT2D eigenvalue weighted by molar-refractivity contribution is 0.627. The van der Waals surface area contributed by atoms with Crippen molar-refractivity contribution in [1.29, 1.82) is 0 Å². The van der Waals surface area contributed by atoms with Gasteiger partial charge in [0.2, 0.25) is 0 Å². The van der Waals surface area contributed by atoms with Crippen LogP contribution in [0.25, 0.3) is 6.08 Å². The third kappa shape index (κ3) is 3.92. The SMILES string of the molecule is Fc1cccc(C#CC/C=C/c2ccccc2)c1. The molecule has 0 aliphatic carbocycles. The normalized spacial score (nSPS) is 10.1. The molecule has 0 saturated carbocycles. The fraction of sp³-hybridized carbons (Fsp3) is 0.0588. The maximum absolute atomic E-state index is 12.9. The molecular formula is C17H13F. The molecule has 0 amide bonds. The average Bonchev–Trinajstić information content (AvgIpc) is 2.40. The highest BCUT2D eigenvalue weighted by Gasteiger charge is 1.88. The summed E-state index contributed by atoms with van der Waals surface area (Å²) in [5.41, 5.74) is 1.87. The van der Waals surface area contributed by atoms with E-state index in [-0.39, 0.29) is 5.82 Å². The zero-order valence-corrected chi connectivity index (χ0v) is 9.94. The van der Waals surface area contributed by atoms with Crippen LogP contribution >= 0.6 is 0 Å². The minimum atomic E-state index is -0.248. The summed E-state index contributed by atoms with van der Waals surface area (Å²) in [6, 6.07) is 16.4. The van der Waals surface area contributed by atoms with Gasteiger partial charge >= 0.3 is 0 Å². The lowest BCUT2D eigenvalue weighted by Crippen LogP contribution is -1.76. The maximum Gasteiger partial charge on any atom is 0.124 e. The van der Waals surface area contributed by atoms with Crippen LogP contribution in [0.4, 0.5) is 4.39 Å². The van der Waals surface area contributed by atoms with Crippen molar-refractivity contribution in [2.75, 3.05) is 0 Å². The molecule has 2 aromatic carbocycles. The number of rotatable bonds is 2. The maximum atomic E-state index is 12.9. The van der Waals surface area contributed by atoms with Crippen LogP contribution in [-0.2, 0) is 0 Å². The molecule has 0 fully saturated rings. The van der Waals surface area contributed by atoms with Crippen molar-refractivity contribution < 1.29 is 4.39 Å². The molecule has 88 valence electrons. The Morgan fingerprint density at radius 1 is 1.00 bits per heavy atom. The van der Waals surface area contributed by atoms with Gasteiger partial charge in [0.15, 0.2) is 0 Å². The minimum absolute atomic E-state index is 0.248. The first kappa shape index (κ1) is 12.1. The van der Waals surface area contributed by atoms with Gasteiger partial charge in [0.25, 0.3) is 0 Å². The Kier molecular flexibility index (Phi) is 4.33. The van der Waals surface area contributed by atoms with E-state index >= 15 is 0 Å². The van der Waals surface area contributed by atoms with Crippen molar-refractivity contribution >= 4 is 6.08 Å². The molecule has 0 bridgehead atoms. The smallest absolute Gasteiger partial charge is 0.124 e. The monoisotopic (exact) mass is 236 g/mol. The van der Waals surface area contributed by atoms with Crippen LogP contribution in [0.2, 0.25) is 0 Å². The van der Waals surface area contributed by atoms with Gasteiger partial charge in [-0.2, -0.15) is 0 Å². The van der Waals surface area contributed by atoms with E-state index in [4.69, 9.17) is 0 Å². The topological polar surface area (TPSA) is 0 Å². The molecule has 2 rings (SSSR count). The fourth-order valence-electron chi connectivity index (χ4n) is 1.54. The second-order valence-corrected chi connectivity index (χ2v) is 3.83. The largest absolute Gasteiger partial charge is 0.207 e. The molecule has 0 saturated heterocycles. The van der Waals surface area contributed by atoms with Crippen molar-refractivity contribution in [2.24, 2.45) is 0 Å². The van der Waals surface area contributed by atoms with Crippen molar-refractivity contribution in [3.63, 3.8) is 0 Å². The van der Waals surface area contributed by atoms with Gasteiger partial charge in [0.1, 0.15) is 5.82 Å². The second-order valence-electron chi connectivity index (χ2n) is 3.83. The lowest BCUT2D eigenvalue weighted by atomic mass is 10.2. The highest BCUT2D eigenvalue weighted by Crippen LogP contribution is 2.03. The van der Waals surface area contributed by atoms with E-state index in [0.29, 0.717) is 12.0 Å². The Morgan fingerprint density at radius 2 is 1.83 bits per heavy atom. The van der Waals surface area contributed by atoms with Gasteiger partial charge in [-0.05, 0) is 23.8 Å². The Bertz CT molecular complexity index is 586. The van der Waals surface area contributed by atoms with E-state index in [1.165, 1.54) is 12.1 Å². The molecule has 0 heterocycles. The molecule has 18 heavy (non-hydrogen) atoms. The molecule has 0 nitrogen and oxygen atoms in total. The molecule has 0 aromatic heterocycles. The molecule has 0 N–H and O–H groups in total. The van der Waals surface area contributed by atoms with Gasteiger partial charge in [0.05, 0.1) is 0 Å². The second kappa shape index (κ2) is 6.42. The molecule has 0 unspecified atom stereocenters. The van der Waals surface area contributed by atoms with Crippen LogP contribution in [0.15, 0.2) is 60.7 Å². The number of allylic oxidation sites excluding steroid dienone is 1. The van der Waals surface area contributed by atoms with Crippen molar-refractivity contribution in [3.05, 3.63) is 77.6 Å². The zero-order valence-electron chi connectivity index (χ0n) is 9.94. The number of hydrogen-bond acceptors (Lipinski definition) is 0. The van der Waals surface area contributed by atoms with Gasteiger partial charge in [-0.15, -0.1) is 0 Å². The summed E-state index contributed by atoms with van der Waals surface area (Å²) in [4.78, 5) is 0. The van der Waals surface area contributed by atoms with E-state index in [9.17, 15) is 4.39 Å². The number of benzene rings is 2. The number of hydrogen-bond donors (Lipinski definition) is 0. The standard InChI is InChI=1S/C17H13F/c18-17-13-7-12-16(14-17)11-6-2-5-10-15-8-3-1-4-9-15/h1,3-5,7-10,12-14H,2H2/b10-5+. The minimum Gasteiger partial charge on any atom is -0.207 e. The average molecular weight is 236 g/mol. The van der Waals surface area contributed by atoms with Crippen LogP contribution in [-0.4, -0.2) is 0 Å². The highest BCUT2D eigenvalue weighted by molar-refractivity contribution is 5.49. The Balaban J connectivity index is 1.92. The van der Waals surface area contributed by atoms with Gasteiger partial charge < -0.3 is 0 Å². The summed E-state index contributed by atoms with van der Waals surface area (Å²) in [5.74, 6) is 5.68.